The Balaban J connectivity index is 1.75. The van der Waals surface area contributed by atoms with E-state index < -0.39 is 23.1 Å². The highest BCUT2D eigenvalue weighted by Crippen LogP contribution is 2.40. The summed E-state index contributed by atoms with van der Waals surface area (Å²) < 4.78 is 5.30. The lowest BCUT2D eigenvalue weighted by Crippen LogP contribution is -2.25. The van der Waals surface area contributed by atoms with Crippen molar-refractivity contribution in [2.24, 2.45) is 5.92 Å². The first-order valence-corrected chi connectivity index (χ1v) is 13.5. The minimum absolute atomic E-state index is 0.210. The van der Waals surface area contributed by atoms with Crippen molar-refractivity contribution >= 4 is 57.5 Å². The number of anilines is 2. The highest BCUT2D eigenvalue weighted by Gasteiger charge is 2.30. The van der Waals surface area contributed by atoms with Gasteiger partial charge in [0, 0.05) is 27.6 Å². The minimum atomic E-state index is -1.21. The number of thiophene rings is 1. The zero-order valence-corrected chi connectivity index (χ0v) is 22.1. The van der Waals surface area contributed by atoms with E-state index >= 15 is 0 Å². The standard InChI is InChI=1S/C26H30N2O6S2/c1-4-19(35-17-8-6-7-16(14-17)27-21(29)11-12-22(30)31)24(32)28-25-23(26(33)34-5-2)18-10-9-15(3)13-20(18)36-25/h6-8,11-12,14-15,19H,4-5,9-10,13H2,1-3H3,(H,27,29)(H,28,32)(H,30,31)/b12-11+. The van der Waals surface area contributed by atoms with Gasteiger partial charge in [0.05, 0.1) is 17.4 Å². The van der Waals surface area contributed by atoms with E-state index in [4.69, 9.17) is 9.84 Å². The summed E-state index contributed by atoms with van der Waals surface area (Å²) in [5, 5.41) is 14.4. The zero-order valence-electron chi connectivity index (χ0n) is 20.5. The summed E-state index contributed by atoms with van der Waals surface area (Å²) in [6, 6.07) is 6.98. The van der Waals surface area contributed by atoms with Crippen molar-refractivity contribution in [3.8, 4) is 0 Å². The fourth-order valence-electron chi connectivity index (χ4n) is 3.92. The number of carboxylic acids is 1. The SMILES string of the molecule is CCOC(=O)c1c(NC(=O)C(CC)Sc2cccc(NC(=O)/C=C/C(=O)O)c2)sc2c1CCC(C)C2. The third-order valence-electron chi connectivity index (χ3n) is 5.65. The molecule has 2 aromatic rings. The summed E-state index contributed by atoms with van der Waals surface area (Å²) in [4.78, 5) is 50.4. The van der Waals surface area contributed by atoms with E-state index in [9.17, 15) is 19.2 Å². The largest absolute Gasteiger partial charge is 0.478 e. The third-order valence-corrected chi connectivity index (χ3v) is 8.18. The van der Waals surface area contributed by atoms with E-state index in [-0.39, 0.29) is 12.5 Å². The van der Waals surface area contributed by atoms with Gasteiger partial charge in [-0.15, -0.1) is 23.1 Å². The van der Waals surface area contributed by atoms with Crippen LogP contribution in [0.2, 0.25) is 0 Å². The van der Waals surface area contributed by atoms with E-state index in [1.54, 1.807) is 25.1 Å². The number of ether oxygens (including phenoxy) is 1. The Bertz CT molecular complexity index is 1170. The van der Waals surface area contributed by atoms with Crippen molar-refractivity contribution in [1.82, 2.24) is 0 Å². The smallest absolute Gasteiger partial charge is 0.341 e. The molecule has 0 aliphatic heterocycles. The maximum Gasteiger partial charge on any atom is 0.341 e. The number of aliphatic carboxylic acids is 1. The van der Waals surface area contributed by atoms with Crippen LogP contribution in [0.3, 0.4) is 0 Å². The second kappa shape index (κ2) is 12.7. The molecule has 2 unspecified atom stereocenters. The zero-order chi connectivity index (χ0) is 26.2. The number of amides is 2. The average Bonchev–Trinajstić information content (AvgIpc) is 3.18. The van der Waals surface area contributed by atoms with Gasteiger partial charge in [0.25, 0.3) is 0 Å². The molecule has 3 rings (SSSR count). The van der Waals surface area contributed by atoms with Crippen LogP contribution in [0, 0.1) is 5.92 Å². The quantitative estimate of drug-likeness (QED) is 0.221. The molecular weight excluding hydrogens is 500 g/mol. The number of hydrogen-bond donors (Lipinski definition) is 3. The molecule has 0 saturated heterocycles. The summed E-state index contributed by atoms with van der Waals surface area (Å²) in [7, 11) is 0. The normalized spacial score (nSPS) is 15.7. The first-order valence-electron chi connectivity index (χ1n) is 11.8. The monoisotopic (exact) mass is 530 g/mol. The van der Waals surface area contributed by atoms with E-state index in [1.165, 1.54) is 23.1 Å². The van der Waals surface area contributed by atoms with E-state index in [0.717, 1.165) is 46.8 Å². The second-order valence-corrected chi connectivity index (χ2v) is 10.9. The maximum absolute atomic E-state index is 13.3. The van der Waals surface area contributed by atoms with Gasteiger partial charge in [0.1, 0.15) is 5.00 Å². The van der Waals surface area contributed by atoms with Crippen molar-refractivity contribution in [2.45, 2.75) is 56.6 Å². The molecule has 1 aliphatic carbocycles. The number of nitrogens with one attached hydrogen (secondary N) is 2. The van der Waals surface area contributed by atoms with Gasteiger partial charge in [0.2, 0.25) is 11.8 Å². The number of fused-ring (bicyclic) bond motifs is 1. The van der Waals surface area contributed by atoms with Crippen molar-refractivity contribution in [3.05, 3.63) is 52.4 Å². The Morgan fingerprint density at radius 2 is 2.00 bits per heavy atom. The van der Waals surface area contributed by atoms with E-state index in [1.807, 2.05) is 13.0 Å². The number of carboxylic acid groups (broad SMARTS) is 1. The third kappa shape index (κ3) is 7.20. The molecule has 1 aliphatic rings. The highest BCUT2D eigenvalue weighted by molar-refractivity contribution is 8.00. The van der Waals surface area contributed by atoms with Crippen LogP contribution in [0.15, 0.2) is 41.3 Å². The molecule has 3 N–H and O–H groups in total. The van der Waals surface area contributed by atoms with Gasteiger partial charge < -0.3 is 20.5 Å². The topological polar surface area (TPSA) is 122 Å². The fourth-order valence-corrected chi connectivity index (χ4v) is 6.33. The molecule has 1 aromatic heterocycles. The van der Waals surface area contributed by atoms with Gasteiger partial charge in [-0.05, 0) is 62.3 Å². The maximum atomic E-state index is 13.3. The Labute approximate surface area is 218 Å². The molecular formula is C26H30N2O6S2. The molecule has 0 radical (unpaired) electrons. The van der Waals surface area contributed by atoms with Gasteiger partial charge in [-0.25, -0.2) is 9.59 Å². The number of thioether (sulfide) groups is 1. The predicted octanol–water partition coefficient (Wildman–Crippen LogP) is 5.14. The van der Waals surface area contributed by atoms with Crippen LogP contribution in [0.25, 0.3) is 0 Å². The summed E-state index contributed by atoms with van der Waals surface area (Å²) in [6.45, 7) is 6.13. The molecule has 10 heteroatoms. The van der Waals surface area contributed by atoms with Crippen molar-refractivity contribution in [1.29, 1.82) is 0 Å². The Morgan fingerprint density at radius 1 is 1.22 bits per heavy atom. The van der Waals surface area contributed by atoms with Crippen LogP contribution in [0.1, 0.15) is 54.4 Å². The van der Waals surface area contributed by atoms with Crippen LogP contribution in [0.5, 0.6) is 0 Å². The van der Waals surface area contributed by atoms with Gasteiger partial charge >= 0.3 is 11.9 Å². The van der Waals surface area contributed by atoms with Gasteiger partial charge in [-0.1, -0.05) is 19.9 Å². The number of esters is 1. The van der Waals surface area contributed by atoms with E-state index in [2.05, 4.69) is 17.6 Å². The predicted molar refractivity (Wildman–Crippen MR) is 142 cm³/mol. The van der Waals surface area contributed by atoms with Crippen LogP contribution in [-0.2, 0) is 32.0 Å². The number of carbonyl (C=O) groups excluding carboxylic acids is 3. The molecule has 0 bridgehead atoms. The summed E-state index contributed by atoms with van der Waals surface area (Å²) in [6.07, 6.45) is 4.92. The Morgan fingerprint density at radius 3 is 2.69 bits per heavy atom. The molecule has 0 spiro atoms. The van der Waals surface area contributed by atoms with Crippen molar-refractivity contribution in [2.75, 3.05) is 17.2 Å². The second-order valence-electron chi connectivity index (χ2n) is 8.47. The molecule has 0 saturated carbocycles. The van der Waals surface area contributed by atoms with E-state index in [0.29, 0.717) is 28.6 Å². The summed E-state index contributed by atoms with van der Waals surface area (Å²) >= 11 is 2.81. The van der Waals surface area contributed by atoms with Crippen molar-refractivity contribution in [3.63, 3.8) is 0 Å². The Kier molecular flexibility index (Phi) is 9.72. The summed E-state index contributed by atoms with van der Waals surface area (Å²) in [5.74, 6) is -1.86. The van der Waals surface area contributed by atoms with Crippen LogP contribution in [0.4, 0.5) is 10.7 Å². The first-order chi connectivity index (χ1) is 17.2. The number of rotatable bonds is 10. The molecule has 2 amide bonds. The Hall–Kier alpha value is -3.11. The van der Waals surface area contributed by atoms with Gasteiger partial charge in [-0.2, -0.15) is 0 Å². The molecule has 8 nitrogen and oxygen atoms in total. The molecule has 0 fully saturated rings. The number of carbonyl (C=O) groups is 4. The minimum Gasteiger partial charge on any atom is -0.478 e. The highest BCUT2D eigenvalue weighted by atomic mass is 32.2. The molecule has 36 heavy (non-hydrogen) atoms. The molecule has 1 heterocycles. The van der Waals surface area contributed by atoms with Crippen LogP contribution in [-0.4, -0.2) is 40.7 Å². The number of hydrogen-bond acceptors (Lipinski definition) is 7. The first kappa shape index (κ1) is 27.5. The van der Waals surface area contributed by atoms with Crippen LogP contribution < -0.4 is 10.6 Å². The lowest BCUT2D eigenvalue weighted by molar-refractivity contribution is -0.131. The molecule has 2 atom stereocenters. The lowest BCUT2D eigenvalue weighted by atomic mass is 9.88. The van der Waals surface area contributed by atoms with Gasteiger partial charge in [0.15, 0.2) is 0 Å². The van der Waals surface area contributed by atoms with Gasteiger partial charge in [-0.3, -0.25) is 9.59 Å². The van der Waals surface area contributed by atoms with Crippen molar-refractivity contribution < 1.29 is 29.0 Å². The summed E-state index contributed by atoms with van der Waals surface area (Å²) in [5.41, 5.74) is 1.96. The number of benzene rings is 1. The fraction of sp³-hybridized carbons (Fsp3) is 0.385. The molecule has 192 valence electrons. The average molecular weight is 531 g/mol. The molecule has 1 aromatic carbocycles. The van der Waals surface area contributed by atoms with Crippen LogP contribution >= 0.6 is 23.1 Å². The lowest BCUT2D eigenvalue weighted by Gasteiger charge is -2.18.